The van der Waals surface area contributed by atoms with Gasteiger partial charge in [0.25, 0.3) is 5.91 Å². The van der Waals surface area contributed by atoms with Gasteiger partial charge in [-0.3, -0.25) is 4.79 Å². The Bertz CT molecular complexity index is 1010. The molecule has 0 radical (unpaired) electrons. The molecule has 1 aliphatic carbocycles. The van der Waals surface area contributed by atoms with Crippen molar-refractivity contribution in [1.82, 2.24) is 0 Å². The number of rotatable bonds is 6. The molecule has 0 aliphatic heterocycles. The Labute approximate surface area is 171 Å². The van der Waals surface area contributed by atoms with Crippen LogP contribution in [-0.2, 0) is 9.63 Å². The van der Waals surface area contributed by atoms with Crippen LogP contribution in [0.5, 0.6) is 0 Å². The number of hydrogen-bond donors (Lipinski definition) is 1. The van der Waals surface area contributed by atoms with Crippen LogP contribution in [0.25, 0.3) is 11.1 Å². The minimum absolute atomic E-state index is 0.138. The first-order chi connectivity index (χ1) is 14.2. The van der Waals surface area contributed by atoms with Crippen LogP contribution in [0.4, 0.5) is 5.69 Å². The molecule has 3 aromatic carbocycles. The molecule has 0 aromatic heterocycles. The summed E-state index contributed by atoms with van der Waals surface area (Å²) in [6.45, 7) is 4.22. The molecule has 0 saturated carbocycles. The molecular formula is C25H24N2O2. The van der Waals surface area contributed by atoms with E-state index in [0.29, 0.717) is 5.92 Å². The van der Waals surface area contributed by atoms with E-state index in [1.165, 1.54) is 5.56 Å². The summed E-state index contributed by atoms with van der Waals surface area (Å²) in [7, 11) is 0. The number of hydrogen-bond acceptors (Lipinski definition) is 3. The van der Waals surface area contributed by atoms with Gasteiger partial charge < -0.3 is 10.2 Å². The third-order valence-corrected chi connectivity index (χ3v) is 5.38. The van der Waals surface area contributed by atoms with Crippen molar-refractivity contribution in [1.29, 1.82) is 0 Å². The van der Waals surface area contributed by atoms with Crippen LogP contribution >= 0.6 is 0 Å². The van der Waals surface area contributed by atoms with Crippen LogP contribution in [0.15, 0.2) is 78.0 Å². The fourth-order valence-electron chi connectivity index (χ4n) is 3.58. The van der Waals surface area contributed by atoms with Gasteiger partial charge in [-0.1, -0.05) is 79.7 Å². The highest BCUT2D eigenvalue weighted by molar-refractivity contribution is 6.24. The summed E-state index contributed by atoms with van der Waals surface area (Å²) in [6.07, 6.45) is 1.09. The van der Waals surface area contributed by atoms with Gasteiger partial charge in [-0.2, -0.15) is 0 Å². The van der Waals surface area contributed by atoms with Gasteiger partial charge in [0.1, 0.15) is 5.71 Å². The van der Waals surface area contributed by atoms with E-state index in [9.17, 15) is 4.79 Å². The molecular weight excluding hydrogens is 360 g/mol. The summed E-state index contributed by atoms with van der Waals surface area (Å²) in [5.41, 5.74) is 7.11. The van der Waals surface area contributed by atoms with E-state index >= 15 is 0 Å². The lowest BCUT2D eigenvalue weighted by atomic mass is 9.99. The minimum atomic E-state index is -0.231. The van der Waals surface area contributed by atoms with Crippen LogP contribution < -0.4 is 5.32 Å². The molecule has 4 heteroatoms. The SMILES string of the molecule is CCC(C)c1ccc(NC(=O)CON=C2c3ccccc3-c3ccccc32)cc1. The largest absolute Gasteiger partial charge is 0.385 e. The predicted molar refractivity (Wildman–Crippen MR) is 117 cm³/mol. The summed E-state index contributed by atoms with van der Waals surface area (Å²) in [4.78, 5) is 17.7. The molecule has 29 heavy (non-hydrogen) atoms. The Balaban J connectivity index is 1.42. The molecule has 1 aliphatic rings. The predicted octanol–water partition coefficient (Wildman–Crippen LogP) is 5.59. The molecule has 0 saturated heterocycles. The van der Waals surface area contributed by atoms with Gasteiger partial charge in [0.15, 0.2) is 6.61 Å². The monoisotopic (exact) mass is 384 g/mol. The molecule has 1 N–H and O–H groups in total. The Morgan fingerprint density at radius 1 is 0.897 bits per heavy atom. The average molecular weight is 384 g/mol. The van der Waals surface area contributed by atoms with Crippen LogP contribution in [0.1, 0.15) is 42.9 Å². The van der Waals surface area contributed by atoms with Crippen molar-refractivity contribution < 1.29 is 9.63 Å². The second-order valence-electron chi connectivity index (χ2n) is 7.28. The fraction of sp³-hybridized carbons (Fsp3) is 0.200. The molecule has 0 fully saturated rings. The van der Waals surface area contributed by atoms with Crippen molar-refractivity contribution in [2.24, 2.45) is 5.16 Å². The number of fused-ring (bicyclic) bond motifs is 3. The summed E-state index contributed by atoms with van der Waals surface area (Å²) in [6, 6.07) is 24.1. The maximum absolute atomic E-state index is 12.2. The van der Waals surface area contributed by atoms with Crippen molar-refractivity contribution in [2.45, 2.75) is 26.2 Å². The fourth-order valence-corrected chi connectivity index (χ4v) is 3.58. The number of carbonyl (C=O) groups is 1. The lowest BCUT2D eigenvalue weighted by Crippen LogP contribution is -2.17. The Hall–Kier alpha value is -3.40. The lowest BCUT2D eigenvalue weighted by molar-refractivity contribution is -0.120. The molecule has 0 bridgehead atoms. The number of nitrogens with one attached hydrogen (secondary N) is 1. The number of amides is 1. The molecule has 0 heterocycles. The number of benzene rings is 3. The topological polar surface area (TPSA) is 50.7 Å². The molecule has 4 nitrogen and oxygen atoms in total. The third-order valence-electron chi connectivity index (χ3n) is 5.38. The van der Waals surface area contributed by atoms with Crippen LogP contribution in [0.2, 0.25) is 0 Å². The first kappa shape index (κ1) is 18.9. The number of anilines is 1. The maximum atomic E-state index is 12.2. The molecule has 1 atom stereocenters. The zero-order valence-electron chi connectivity index (χ0n) is 16.7. The standard InChI is InChI=1S/C25H24N2O2/c1-3-17(2)18-12-14-19(15-13-18)26-24(28)16-29-27-25-22-10-6-4-8-20(22)21-9-5-7-11-23(21)25/h4-15,17H,3,16H2,1-2H3,(H,26,28). The van der Waals surface area contributed by atoms with Crippen molar-refractivity contribution in [2.75, 3.05) is 11.9 Å². The quantitative estimate of drug-likeness (QED) is 0.441. The van der Waals surface area contributed by atoms with Crippen LogP contribution in [-0.4, -0.2) is 18.2 Å². The van der Waals surface area contributed by atoms with E-state index in [2.05, 4.69) is 48.6 Å². The first-order valence-corrected chi connectivity index (χ1v) is 9.96. The second-order valence-corrected chi connectivity index (χ2v) is 7.28. The Morgan fingerprint density at radius 2 is 1.45 bits per heavy atom. The van der Waals surface area contributed by atoms with Gasteiger partial charge >= 0.3 is 0 Å². The van der Waals surface area contributed by atoms with Crippen molar-refractivity contribution in [3.63, 3.8) is 0 Å². The van der Waals surface area contributed by atoms with Gasteiger partial charge in [-0.25, -0.2) is 0 Å². The van der Waals surface area contributed by atoms with E-state index in [-0.39, 0.29) is 12.5 Å². The highest BCUT2D eigenvalue weighted by atomic mass is 16.6. The number of nitrogens with zero attached hydrogens (tertiary/aromatic N) is 1. The van der Waals surface area contributed by atoms with Crippen LogP contribution in [0.3, 0.4) is 0 Å². The van der Waals surface area contributed by atoms with Gasteiger partial charge in [0.05, 0.1) is 0 Å². The van der Waals surface area contributed by atoms with Gasteiger partial charge in [0.2, 0.25) is 0 Å². The van der Waals surface area contributed by atoms with Crippen LogP contribution in [0, 0.1) is 0 Å². The maximum Gasteiger partial charge on any atom is 0.265 e. The van der Waals surface area contributed by atoms with E-state index < -0.39 is 0 Å². The molecule has 0 spiro atoms. The minimum Gasteiger partial charge on any atom is -0.385 e. The molecule has 1 amide bonds. The first-order valence-electron chi connectivity index (χ1n) is 9.96. The van der Waals surface area contributed by atoms with Gasteiger partial charge in [0, 0.05) is 16.8 Å². The van der Waals surface area contributed by atoms with E-state index in [4.69, 9.17) is 4.84 Å². The van der Waals surface area contributed by atoms with E-state index in [0.717, 1.165) is 40.1 Å². The normalized spacial score (nSPS) is 12.7. The smallest absolute Gasteiger partial charge is 0.265 e. The number of carbonyl (C=O) groups excluding carboxylic acids is 1. The van der Waals surface area contributed by atoms with Crippen molar-refractivity contribution in [3.05, 3.63) is 89.5 Å². The Kier molecular flexibility index (Phi) is 5.43. The van der Waals surface area contributed by atoms with Gasteiger partial charge in [-0.05, 0) is 41.2 Å². The van der Waals surface area contributed by atoms with Crippen molar-refractivity contribution >= 4 is 17.3 Å². The number of oxime groups is 1. The molecule has 3 aromatic rings. The summed E-state index contributed by atoms with van der Waals surface area (Å²) >= 11 is 0. The van der Waals surface area contributed by atoms with Crippen molar-refractivity contribution in [3.8, 4) is 11.1 Å². The summed E-state index contributed by atoms with van der Waals surface area (Å²) < 4.78 is 0. The lowest BCUT2D eigenvalue weighted by Gasteiger charge is -2.10. The summed E-state index contributed by atoms with van der Waals surface area (Å²) in [5.74, 6) is 0.279. The second kappa shape index (κ2) is 8.31. The third kappa shape index (κ3) is 3.92. The highest BCUT2D eigenvalue weighted by Crippen LogP contribution is 2.36. The van der Waals surface area contributed by atoms with Gasteiger partial charge in [-0.15, -0.1) is 0 Å². The molecule has 146 valence electrons. The summed E-state index contributed by atoms with van der Waals surface area (Å²) in [5, 5.41) is 7.15. The molecule has 4 rings (SSSR count). The highest BCUT2D eigenvalue weighted by Gasteiger charge is 2.24. The Morgan fingerprint density at radius 3 is 2.00 bits per heavy atom. The zero-order chi connectivity index (χ0) is 20.2. The average Bonchev–Trinajstić information content (AvgIpc) is 3.08. The van der Waals surface area contributed by atoms with E-state index in [1.54, 1.807) is 0 Å². The molecule has 1 unspecified atom stereocenters. The zero-order valence-corrected chi connectivity index (χ0v) is 16.7. The van der Waals surface area contributed by atoms with E-state index in [1.807, 2.05) is 48.5 Å².